The molecule has 0 atom stereocenters. The molecule has 1 heteroatoms. The van der Waals surface area contributed by atoms with E-state index >= 15 is 0 Å². The zero-order chi connectivity index (χ0) is 9.86. The Kier molecular flexibility index (Phi) is 24.7. The van der Waals surface area contributed by atoms with Gasteiger partial charge in [0, 0.05) is 12.8 Å². The standard InChI is InChI=1S/C4H9N.C4H8.C2H6/c1-4(2)5-3;1-4(2)3;1-2/h1-3H3;1H2,2-3H3;1-2H3. The van der Waals surface area contributed by atoms with E-state index in [2.05, 4.69) is 11.6 Å². The fraction of sp³-hybridized carbons (Fsp3) is 0.700. The summed E-state index contributed by atoms with van der Waals surface area (Å²) in [5.41, 5.74) is 2.30. The van der Waals surface area contributed by atoms with E-state index < -0.39 is 0 Å². The van der Waals surface area contributed by atoms with Gasteiger partial charge in [-0.05, 0) is 27.7 Å². The van der Waals surface area contributed by atoms with Crippen LogP contribution in [-0.2, 0) is 0 Å². The van der Waals surface area contributed by atoms with E-state index in [0.717, 1.165) is 5.71 Å². The second-order valence-electron chi connectivity index (χ2n) is 2.38. The summed E-state index contributed by atoms with van der Waals surface area (Å²) in [6.45, 7) is 15.4. The van der Waals surface area contributed by atoms with Crippen LogP contribution in [0.25, 0.3) is 0 Å². The Morgan fingerprint density at radius 3 is 1.09 bits per heavy atom. The molecule has 0 unspecified atom stereocenters. The Labute approximate surface area is 72.2 Å². The number of aliphatic imine (C=N–C) groups is 1. The van der Waals surface area contributed by atoms with Crippen molar-refractivity contribution in [2.75, 3.05) is 7.05 Å². The Morgan fingerprint density at radius 2 is 1.09 bits per heavy atom. The van der Waals surface area contributed by atoms with E-state index in [-0.39, 0.29) is 0 Å². The Morgan fingerprint density at radius 1 is 1.00 bits per heavy atom. The minimum atomic E-state index is 1.13. The van der Waals surface area contributed by atoms with E-state index in [0.29, 0.717) is 0 Å². The van der Waals surface area contributed by atoms with Crippen LogP contribution in [0.3, 0.4) is 0 Å². The zero-order valence-electron chi connectivity index (χ0n) is 9.15. The molecule has 0 bridgehead atoms. The van der Waals surface area contributed by atoms with Gasteiger partial charge in [-0.25, -0.2) is 0 Å². The van der Waals surface area contributed by atoms with Gasteiger partial charge in [-0.2, -0.15) is 0 Å². The van der Waals surface area contributed by atoms with Crippen LogP contribution < -0.4 is 0 Å². The minimum absolute atomic E-state index is 1.13. The van der Waals surface area contributed by atoms with Crippen LogP contribution in [0.4, 0.5) is 0 Å². The molecule has 1 nitrogen and oxygen atoms in total. The minimum Gasteiger partial charge on any atom is -0.298 e. The van der Waals surface area contributed by atoms with Crippen LogP contribution in [0.1, 0.15) is 41.5 Å². The molecule has 0 heterocycles. The van der Waals surface area contributed by atoms with Gasteiger partial charge in [-0.3, -0.25) is 4.99 Å². The van der Waals surface area contributed by atoms with Gasteiger partial charge >= 0.3 is 0 Å². The van der Waals surface area contributed by atoms with Crippen LogP contribution in [-0.4, -0.2) is 12.8 Å². The van der Waals surface area contributed by atoms with E-state index in [1.807, 2.05) is 41.5 Å². The number of allylic oxidation sites excluding steroid dienone is 1. The zero-order valence-corrected chi connectivity index (χ0v) is 9.15. The Balaban J connectivity index is -0.0000000965. The third-order valence-corrected chi connectivity index (χ3v) is 0.447. The molecule has 11 heavy (non-hydrogen) atoms. The first kappa shape index (κ1) is 16.8. The largest absolute Gasteiger partial charge is 0.298 e. The molecular weight excluding hydrogens is 134 g/mol. The summed E-state index contributed by atoms with van der Waals surface area (Å²) in [6, 6.07) is 0. The van der Waals surface area contributed by atoms with Gasteiger partial charge in [0.05, 0.1) is 0 Å². The fourth-order valence-corrected chi connectivity index (χ4v) is 0. The number of nitrogens with zero attached hydrogens (tertiary/aromatic N) is 1. The molecule has 0 aromatic carbocycles. The summed E-state index contributed by atoms with van der Waals surface area (Å²) in [7, 11) is 1.79. The second kappa shape index (κ2) is 16.2. The highest BCUT2D eigenvalue weighted by Crippen LogP contribution is 1.73. The average molecular weight is 157 g/mol. The van der Waals surface area contributed by atoms with Gasteiger partial charge in [0.15, 0.2) is 0 Å². The van der Waals surface area contributed by atoms with E-state index in [1.165, 1.54) is 5.57 Å². The lowest BCUT2D eigenvalue weighted by Gasteiger charge is -1.74. The third kappa shape index (κ3) is 260. The quantitative estimate of drug-likeness (QED) is 0.375. The van der Waals surface area contributed by atoms with Gasteiger partial charge in [0.2, 0.25) is 0 Å². The average Bonchev–Trinajstić information content (AvgIpc) is 1.91. The number of hydrogen-bond acceptors (Lipinski definition) is 1. The predicted molar refractivity (Wildman–Crippen MR) is 56.5 cm³/mol. The normalized spacial score (nSPS) is 6.09. The molecule has 0 N–H and O–H groups in total. The van der Waals surface area contributed by atoms with Crippen LogP contribution in [0.5, 0.6) is 0 Å². The first-order valence-electron chi connectivity index (χ1n) is 4.02. The lowest BCUT2D eigenvalue weighted by Crippen LogP contribution is -1.74. The molecule has 0 fully saturated rings. The maximum absolute atomic E-state index is 3.81. The van der Waals surface area contributed by atoms with Gasteiger partial charge in [0.1, 0.15) is 0 Å². The van der Waals surface area contributed by atoms with Crippen LogP contribution in [0, 0.1) is 0 Å². The van der Waals surface area contributed by atoms with Crippen molar-refractivity contribution in [3.05, 3.63) is 12.2 Å². The highest BCUT2D eigenvalue weighted by Gasteiger charge is 1.62. The smallest absolute Gasteiger partial charge is 0.0276 e. The van der Waals surface area contributed by atoms with Crippen molar-refractivity contribution in [2.45, 2.75) is 41.5 Å². The van der Waals surface area contributed by atoms with Gasteiger partial charge < -0.3 is 0 Å². The van der Waals surface area contributed by atoms with Gasteiger partial charge in [-0.15, -0.1) is 6.58 Å². The van der Waals surface area contributed by atoms with Crippen LogP contribution in [0.15, 0.2) is 17.1 Å². The van der Waals surface area contributed by atoms with E-state index in [1.54, 1.807) is 7.05 Å². The molecule has 0 radical (unpaired) electrons. The van der Waals surface area contributed by atoms with Crippen LogP contribution >= 0.6 is 0 Å². The summed E-state index contributed by atoms with van der Waals surface area (Å²) >= 11 is 0. The van der Waals surface area contributed by atoms with Crippen molar-refractivity contribution in [3.8, 4) is 0 Å². The summed E-state index contributed by atoms with van der Waals surface area (Å²) in [5.74, 6) is 0. The maximum atomic E-state index is 3.81. The first-order chi connectivity index (χ1) is 5.00. The predicted octanol–water partition coefficient (Wildman–Crippen LogP) is 3.71. The summed E-state index contributed by atoms with van der Waals surface area (Å²) in [6.07, 6.45) is 0. The lowest BCUT2D eigenvalue weighted by atomic mass is 10.4. The van der Waals surface area contributed by atoms with Gasteiger partial charge in [0.25, 0.3) is 0 Å². The molecule has 0 rings (SSSR count). The highest BCUT2D eigenvalue weighted by atomic mass is 14.7. The first-order valence-corrected chi connectivity index (χ1v) is 4.02. The Bertz CT molecular complexity index is 93.4. The molecule has 0 amide bonds. The SMILES string of the molecule is C=C(C)C.CC.CN=C(C)C. The molecule has 0 aliphatic heterocycles. The molecule has 0 aromatic heterocycles. The van der Waals surface area contributed by atoms with Crippen molar-refractivity contribution >= 4 is 5.71 Å². The third-order valence-electron chi connectivity index (χ3n) is 0.447. The highest BCUT2D eigenvalue weighted by molar-refractivity contribution is 5.78. The summed E-state index contributed by atoms with van der Waals surface area (Å²) in [4.78, 5) is 3.81. The molecule has 0 spiro atoms. The lowest BCUT2D eigenvalue weighted by molar-refractivity contribution is 1.41. The monoisotopic (exact) mass is 157 g/mol. The maximum Gasteiger partial charge on any atom is 0.0276 e. The molecular formula is C10H23N. The van der Waals surface area contributed by atoms with Crippen molar-refractivity contribution in [2.24, 2.45) is 4.99 Å². The van der Waals surface area contributed by atoms with Crippen LogP contribution in [0.2, 0.25) is 0 Å². The fourth-order valence-electron chi connectivity index (χ4n) is 0. The van der Waals surface area contributed by atoms with E-state index in [4.69, 9.17) is 0 Å². The molecule has 0 aromatic rings. The van der Waals surface area contributed by atoms with Crippen molar-refractivity contribution in [1.82, 2.24) is 0 Å². The number of rotatable bonds is 0. The Hall–Kier alpha value is -0.590. The molecule has 0 saturated heterocycles. The van der Waals surface area contributed by atoms with E-state index in [9.17, 15) is 0 Å². The van der Waals surface area contributed by atoms with Gasteiger partial charge in [-0.1, -0.05) is 19.4 Å². The summed E-state index contributed by atoms with van der Waals surface area (Å²) < 4.78 is 0. The van der Waals surface area contributed by atoms with Crippen molar-refractivity contribution in [1.29, 1.82) is 0 Å². The number of hydrogen-bond donors (Lipinski definition) is 0. The summed E-state index contributed by atoms with van der Waals surface area (Å²) in [5, 5.41) is 0. The van der Waals surface area contributed by atoms with Crippen molar-refractivity contribution < 1.29 is 0 Å². The topological polar surface area (TPSA) is 12.4 Å². The molecule has 0 saturated carbocycles. The second-order valence-corrected chi connectivity index (χ2v) is 2.38. The van der Waals surface area contributed by atoms with Crippen molar-refractivity contribution in [3.63, 3.8) is 0 Å². The molecule has 68 valence electrons. The molecule has 0 aliphatic rings. The molecule has 0 aliphatic carbocycles.